The molecule has 1 aliphatic rings. The summed E-state index contributed by atoms with van der Waals surface area (Å²) >= 11 is 3.22. The molecule has 0 aromatic heterocycles. The van der Waals surface area contributed by atoms with E-state index in [-0.39, 0.29) is 11.2 Å². The topological polar surface area (TPSA) is 35.2 Å². The molecular weight excluding hydrogens is 273 g/mol. The van der Waals surface area contributed by atoms with Gasteiger partial charge in [-0.3, -0.25) is 0 Å². The first kappa shape index (κ1) is 11.9. The molecule has 0 amide bonds. The Hall–Kier alpha value is -0.610. The minimum absolute atomic E-state index is 0.179. The van der Waals surface area contributed by atoms with Crippen LogP contribution < -0.4 is 10.5 Å². The lowest BCUT2D eigenvalue weighted by atomic mass is 9.64. The Bertz CT molecular complexity index is 399. The van der Waals surface area contributed by atoms with Crippen LogP contribution in [0.2, 0.25) is 0 Å². The Morgan fingerprint density at radius 1 is 1.50 bits per heavy atom. The molecule has 0 atom stereocenters. The number of nitrogens with two attached hydrogens (primary N) is 1. The summed E-state index contributed by atoms with van der Waals surface area (Å²) in [6, 6.07) is 3.41. The number of hydrogen-bond donors (Lipinski definition) is 1. The molecule has 16 heavy (non-hydrogen) atoms. The van der Waals surface area contributed by atoms with Crippen LogP contribution in [-0.4, -0.2) is 13.7 Å². The lowest BCUT2D eigenvalue weighted by molar-refractivity contribution is 0.243. The second kappa shape index (κ2) is 4.34. The molecule has 1 saturated carbocycles. The molecule has 1 aromatic rings. The van der Waals surface area contributed by atoms with Gasteiger partial charge in [0.25, 0.3) is 0 Å². The van der Waals surface area contributed by atoms with Crippen molar-refractivity contribution in [1.29, 1.82) is 0 Å². The third-order valence-corrected chi connectivity index (χ3v) is 4.09. The molecule has 1 fully saturated rings. The average molecular weight is 288 g/mol. The molecular formula is C12H15BrFNO. The van der Waals surface area contributed by atoms with Gasteiger partial charge in [0, 0.05) is 17.5 Å². The summed E-state index contributed by atoms with van der Waals surface area (Å²) in [4.78, 5) is 0. The Morgan fingerprint density at radius 2 is 2.19 bits per heavy atom. The van der Waals surface area contributed by atoms with Crippen LogP contribution in [0.5, 0.6) is 5.75 Å². The fourth-order valence-electron chi connectivity index (χ4n) is 2.25. The van der Waals surface area contributed by atoms with E-state index in [1.165, 1.54) is 0 Å². The van der Waals surface area contributed by atoms with Crippen LogP contribution in [0.15, 0.2) is 16.6 Å². The van der Waals surface area contributed by atoms with Gasteiger partial charge in [-0.25, -0.2) is 4.39 Å². The highest BCUT2D eigenvalue weighted by atomic mass is 79.9. The van der Waals surface area contributed by atoms with Crippen LogP contribution in [0, 0.1) is 5.82 Å². The summed E-state index contributed by atoms with van der Waals surface area (Å²) in [7, 11) is 1.58. The van der Waals surface area contributed by atoms with Crippen molar-refractivity contribution in [2.45, 2.75) is 24.7 Å². The van der Waals surface area contributed by atoms with Crippen molar-refractivity contribution in [3.8, 4) is 5.75 Å². The number of rotatable bonds is 3. The Kier molecular flexibility index (Phi) is 3.22. The van der Waals surface area contributed by atoms with Crippen LogP contribution in [0.25, 0.3) is 0 Å². The predicted molar refractivity (Wildman–Crippen MR) is 65.2 cm³/mol. The normalized spacial score (nSPS) is 18.0. The van der Waals surface area contributed by atoms with Crippen molar-refractivity contribution < 1.29 is 9.13 Å². The van der Waals surface area contributed by atoms with Gasteiger partial charge < -0.3 is 10.5 Å². The van der Waals surface area contributed by atoms with E-state index in [2.05, 4.69) is 15.9 Å². The average Bonchev–Trinajstić information content (AvgIpc) is 2.23. The second-order valence-electron chi connectivity index (χ2n) is 4.31. The molecule has 4 heteroatoms. The van der Waals surface area contributed by atoms with Gasteiger partial charge in [-0.15, -0.1) is 0 Å². The molecule has 88 valence electrons. The van der Waals surface area contributed by atoms with Gasteiger partial charge in [-0.1, -0.05) is 6.42 Å². The second-order valence-corrected chi connectivity index (χ2v) is 5.16. The summed E-state index contributed by atoms with van der Waals surface area (Å²) in [6.07, 6.45) is 3.03. The molecule has 1 aromatic carbocycles. The fourth-order valence-corrected chi connectivity index (χ4v) is 2.69. The van der Waals surface area contributed by atoms with Gasteiger partial charge in [0.15, 0.2) is 0 Å². The van der Waals surface area contributed by atoms with Gasteiger partial charge >= 0.3 is 0 Å². The minimum atomic E-state index is -0.203. The SMILES string of the molecule is COc1cc(Br)c(F)c(C2(CN)CCC2)c1. The lowest BCUT2D eigenvalue weighted by Gasteiger charge is -2.41. The zero-order valence-corrected chi connectivity index (χ0v) is 10.8. The molecule has 0 heterocycles. The molecule has 1 aliphatic carbocycles. The molecule has 2 rings (SSSR count). The minimum Gasteiger partial charge on any atom is -0.497 e. The first-order valence-electron chi connectivity index (χ1n) is 5.36. The van der Waals surface area contributed by atoms with Gasteiger partial charge in [0.1, 0.15) is 11.6 Å². The van der Waals surface area contributed by atoms with Crippen molar-refractivity contribution >= 4 is 15.9 Å². The van der Waals surface area contributed by atoms with E-state index in [1.54, 1.807) is 19.2 Å². The highest BCUT2D eigenvalue weighted by molar-refractivity contribution is 9.10. The van der Waals surface area contributed by atoms with Crippen LogP contribution in [-0.2, 0) is 5.41 Å². The number of hydrogen-bond acceptors (Lipinski definition) is 2. The smallest absolute Gasteiger partial charge is 0.141 e. The maximum absolute atomic E-state index is 14.1. The Balaban J connectivity index is 2.50. The van der Waals surface area contributed by atoms with Crippen molar-refractivity contribution in [2.75, 3.05) is 13.7 Å². The number of halogens is 2. The summed E-state index contributed by atoms with van der Waals surface area (Å²) in [5, 5.41) is 0. The predicted octanol–water partition coefficient (Wildman–Crippen LogP) is 2.98. The van der Waals surface area contributed by atoms with Crippen molar-refractivity contribution in [3.63, 3.8) is 0 Å². The molecule has 2 N–H and O–H groups in total. The number of ether oxygens (including phenoxy) is 1. The van der Waals surface area contributed by atoms with E-state index in [0.29, 0.717) is 22.3 Å². The summed E-state index contributed by atoms with van der Waals surface area (Å²) in [5.41, 5.74) is 6.30. The molecule has 0 radical (unpaired) electrons. The number of benzene rings is 1. The van der Waals surface area contributed by atoms with Gasteiger partial charge in [0.05, 0.1) is 11.6 Å². The standard InChI is InChI=1S/C12H15BrFNO/c1-16-8-5-9(11(14)10(13)6-8)12(7-15)3-2-4-12/h5-6H,2-4,7,15H2,1H3. The maximum Gasteiger partial charge on any atom is 0.141 e. The monoisotopic (exact) mass is 287 g/mol. The van der Waals surface area contributed by atoms with Gasteiger partial charge in [-0.2, -0.15) is 0 Å². The third-order valence-electron chi connectivity index (χ3n) is 3.51. The highest BCUT2D eigenvalue weighted by Gasteiger charge is 2.40. The van der Waals surface area contributed by atoms with Crippen molar-refractivity contribution in [3.05, 3.63) is 28.0 Å². The first-order chi connectivity index (χ1) is 7.63. The van der Waals surface area contributed by atoms with Crippen LogP contribution in [0.3, 0.4) is 0 Å². The third kappa shape index (κ3) is 1.74. The van der Waals surface area contributed by atoms with Crippen molar-refractivity contribution in [1.82, 2.24) is 0 Å². The van der Waals surface area contributed by atoms with E-state index < -0.39 is 0 Å². The Morgan fingerprint density at radius 3 is 2.62 bits per heavy atom. The zero-order valence-electron chi connectivity index (χ0n) is 9.22. The molecule has 0 bridgehead atoms. The van der Waals surface area contributed by atoms with Gasteiger partial charge in [0.2, 0.25) is 0 Å². The van der Waals surface area contributed by atoms with Crippen LogP contribution >= 0.6 is 15.9 Å². The first-order valence-corrected chi connectivity index (χ1v) is 6.16. The Labute approximate surface area is 103 Å². The molecule has 0 unspecified atom stereocenters. The molecule has 0 saturated heterocycles. The summed E-state index contributed by atoms with van der Waals surface area (Å²) in [5.74, 6) is 0.467. The van der Waals surface area contributed by atoms with E-state index in [9.17, 15) is 4.39 Å². The lowest BCUT2D eigenvalue weighted by Crippen LogP contribution is -2.42. The van der Waals surface area contributed by atoms with Gasteiger partial charge in [-0.05, 0) is 40.9 Å². The molecule has 2 nitrogen and oxygen atoms in total. The molecule has 0 aliphatic heterocycles. The largest absolute Gasteiger partial charge is 0.497 e. The summed E-state index contributed by atoms with van der Waals surface area (Å²) < 4.78 is 19.7. The van der Waals surface area contributed by atoms with E-state index in [4.69, 9.17) is 10.5 Å². The van der Waals surface area contributed by atoms with Crippen LogP contribution in [0.4, 0.5) is 4.39 Å². The van der Waals surface area contributed by atoms with E-state index in [1.807, 2.05) is 0 Å². The fraction of sp³-hybridized carbons (Fsp3) is 0.500. The highest BCUT2D eigenvalue weighted by Crippen LogP contribution is 2.46. The zero-order chi connectivity index (χ0) is 11.8. The van der Waals surface area contributed by atoms with E-state index in [0.717, 1.165) is 19.3 Å². The summed E-state index contributed by atoms with van der Waals surface area (Å²) in [6.45, 7) is 0.490. The van der Waals surface area contributed by atoms with Crippen molar-refractivity contribution in [2.24, 2.45) is 5.73 Å². The number of methoxy groups -OCH3 is 1. The van der Waals surface area contributed by atoms with Crippen LogP contribution in [0.1, 0.15) is 24.8 Å². The quantitative estimate of drug-likeness (QED) is 0.928. The molecule has 0 spiro atoms. The van der Waals surface area contributed by atoms with E-state index >= 15 is 0 Å². The maximum atomic E-state index is 14.1.